The first-order valence-corrected chi connectivity index (χ1v) is 4.61. The molecule has 1 aliphatic carbocycles. The Balaban J connectivity index is 2.48. The second-order valence-electron chi connectivity index (χ2n) is 3.18. The lowest BCUT2D eigenvalue weighted by molar-refractivity contribution is -0.105. The van der Waals surface area contributed by atoms with Crippen LogP contribution in [0.3, 0.4) is 0 Å². The van der Waals surface area contributed by atoms with Gasteiger partial charge in [-0.05, 0) is 47.8 Å². The quantitative estimate of drug-likeness (QED) is 0.626. The number of fused-ring (bicyclic) bond motifs is 1. The molecular weight excluding hydrogens is 184 g/mol. The molecule has 1 nitrogen and oxygen atoms in total. The predicted molar refractivity (Wildman–Crippen MR) is 53.8 cm³/mol. The first-order chi connectivity index (χ1) is 6.29. The van der Waals surface area contributed by atoms with Crippen molar-refractivity contribution in [2.75, 3.05) is 0 Å². The molecule has 1 aliphatic rings. The van der Waals surface area contributed by atoms with Gasteiger partial charge in [-0.15, -0.1) is 0 Å². The van der Waals surface area contributed by atoms with E-state index in [9.17, 15) is 4.79 Å². The van der Waals surface area contributed by atoms with Crippen molar-refractivity contribution in [2.24, 2.45) is 0 Å². The topological polar surface area (TPSA) is 17.1 Å². The van der Waals surface area contributed by atoms with Crippen molar-refractivity contribution in [3.8, 4) is 0 Å². The van der Waals surface area contributed by atoms with Gasteiger partial charge in [0.2, 0.25) is 0 Å². The lowest BCUT2D eigenvalue weighted by atomic mass is 9.93. The zero-order valence-electron chi connectivity index (χ0n) is 7.09. The van der Waals surface area contributed by atoms with E-state index in [1.54, 1.807) is 0 Å². The monoisotopic (exact) mass is 192 g/mol. The third-order valence-corrected chi connectivity index (χ3v) is 2.52. The lowest BCUT2D eigenvalue weighted by Gasteiger charge is -2.12. The van der Waals surface area contributed by atoms with E-state index in [1.165, 1.54) is 5.56 Å². The SMILES string of the molecule is O=CC1=Cc2ccc(Cl)cc2CC1. The van der Waals surface area contributed by atoms with Gasteiger partial charge in [0.15, 0.2) is 0 Å². The molecule has 13 heavy (non-hydrogen) atoms. The molecule has 66 valence electrons. The highest BCUT2D eigenvalue weighted by Gasteiger charge is 2.09. The fraction of sp³-hybridized carbons (Fsp3) is 0.182. The van der Waals surface area contributed by atoms with Crippen molar-refractivity contribution in [1.29, 1.82) is 0 Å². The number of hydrogen-bond acceptors (Lipinski definition) is 1. The Kier molecular flexibility index (Phi) is 2.19. The van der Waals surface area contributed by atoms with E-state index in [0.29, 0.717) is 0 Å². The fourth-order valence-corrected chi connectivity index (χ4v) is 1.77. The number of aldehydes is 1. The maximum absolute atomic E-state index is 10.5. The number of aryl methyl sites for hydroxylation is 1. The van der Waals surface area contributed by atoms with Crippen molar-refractivity contribution in [3.63, 3.8) is 0 Å². The van der Waals surface area contributed by atoms with Crippen molar-refractivity contribution in [2.45, 2.75) is 12.8 Å². The normalized spacial score (nSPS) is 14.7. The molecule has 0 amide bonds. The molecule has 0 N–H and O–H groups in total. The van der Waals surface area contributed by atoms with E-state index in [-0.39, 0.29) is 0 Å². The summed E-state index contributed by atoms with van der Waals surface area (Å²) in [5, 5.41) is 0.765. The second kappa shape index (κ2) is 3.35. The number of hydrogen-bond donors (Lipinski definition) is 0. The maximum Gasteiger partial charge on any atom is 0.146 e. The van der Waals surface area contributed by atoms with Crippen LogP contribution in [0, 0.1) is 0 Å². The third kappa shape index (κ3) is 1.65. The summed E-state index contributed by atoms with van der Waals surface area (Å²) in [6, 6.07) is 5.78. The van der Waals surface area contributed by atoms with Gasteiger partial charge in [0.1, 0.15) is 6.29 Å². The summed E-state index contributed by atoms with van der Waals surface area (Å²) < 4.78 is 0. The Labute approximate surface area is 82.0 Å². The summed E-state index contributed by atoms with van der Waals surface area (Å²) >= 11 is 5.86. The van der Waals surface area contributed by atoms with E-state index < -0.39 is 0 Å². The summed E-state index contributed by atoms with van der Waals surface area (Å²) in [5.41, 5.74) is 3.23. The molecule has 0 saturated heterocycles. The molecule has 2 heteroatoms. The van der Waals surface area contributed by atoms with Crippen molar-refractivity contribution < 1.29 is 4.79 Å². The Bertz CT molecular complexity index is 380. The first-order valence-electron chi connectivity index (χ1n) is 4.24. The van der Waals surface area contributed by atoms with Gasteiger partial charge >= 0.3 is 0 Å². The highest BCUT2D eigenvalue weighted by atomic mass is 35.5. The average molecular weight is 193 g/mol. The molecule has 0 spiro atoms. The third-order valence-electron chi connectivity index (χ3n) is 2.28. The minimum absolute atomic E-state index is 0.765. The molecule has 0 fully saturated rings. The molecule has 1 aromatic carbocycles. The molecular formula is C11H9ClO. The van der Waals surface area contributed by atoms with Gasteiger partial charge in [-0.2, -0.15) is 0 Å². The number of halogens is 1. The highest BCUT2D eigenvalue weighted by Crippen LogP contribution is 2.25. The van der Waals surface area contributed by atoms with Crippen LogP contribution in [0.4, 0.5) is 0 Å². The second-order valence-corrected chi connectivity index (χ2v) is 3.62. The van der Waals surface area contributed by atoms with E-state index in [0.717, 1.165) is 35.3 Å². The van der Waals surface area contributed by atoms with Crippen molar-refractivity contribution in [1.82, 2.24) is 0 Å². The molecule has 0 heterocycles. The number of carbonyl (C=O) groups excluding carboxylic acids is 1. The minimum atomic E-state index is 0.765. The highest BCUT2D eigenvalue weighted by molar-refractivity contribution is 6.30. The number of allylic oxidation sites excluding steroid dienone is 1. The van der Waals surface area contributed by atoms with E-state index >= 15 is 0 Å². The molecule has 0 bridgehead atoms. The molecule has 0 aliphatic heterocycles. The summed E-state index contributed by atoms with van der Waals surface area (Å²) in [6.45, 7) is 0. The Hall–Kier alpha value is -1.08. The average Bonchev–Trinajstić information content (AvgIpc) is 2.17. The van der Waals surface area contributed by atoms with Gasteiger partial charge in [0.05, 0.1) is 0 Å². The molecule has 0 aromatic heterocycles. The summed E-state index contributed by atoms with van der Waals surface area (Å²) in [7, 11) is 0. The lowest BCUT2D eigenvalue weighted by Crippen LogP contribution is -1.99. The van der Waals surface area contributed by atoms with Gasteiger partial charge in [0, 0.05) is 5.02 Å². The van der Waals surface area contributed by atoms with Crippen LogP contribution in [0.25, 0.3) is 6.08 Å². The zero-order chi connectivity index (χ0) is 9.26. The van der Waals surface area contributed by atoms with Crippen LogP contribution < -0.4 is 0 Å². The predicted octanol–water partition coefficient (Wildman–Crippen LogP) is 2.87. The van der Waals surface area contributed by atoms with Crippen LogP contribution >= 0.6 is 11.6 Å². The molecule has 0 unspecified atom stereocenters. The summed E-state index contributed by atoms with van der Waals surface area (Å²) in [4.78, 5) is 10.5. The first kappa shape index (κ1) is 8.52. The maximum atomic E-state index is 10.5. The van der Waals surface area contributed by atoms with Crippen molar-refractivity contribution in [3.05, 3.63) is 39.9 Å². The van der Waals surface area contributed by atoms with Gasteiger partial charge in [0.25, 0.3) is 0 Å². The molecule has 0 atom stereocenters. The van der Waals surface area contributed by atoms with Gasteiger partial charge in [-0.25, -0.2) is 0 Å². The van der Waals surface area contributed by atoms with E-state index in [2.05, 4.69) is 0 Å². The summed E-state index contributed by atoms with van der Waals surface area (Å²) in [6.07, 6.45) is 4.61. The molecule has 1 aromatic rings. The smallest absolute Gasteiger partial charge is 0.146 e. The molecule has 2 rings (SSSR count). The van der Waals surface area contributed by atoms with Crippen molar-refractivity contribution >= 4 is 24.0 Å². The Morgan fingerprint density at radius 3 is 2.92 bits per heavy atom. The van der Waals surface area contributed by atoms with Crippen LogP contribution in [0.5, 0.6) is 0 Å². The van der Waals surface area contributed by atoms with Crippen LogP contribution in [-0.2, 0) is 11.2 Å². The largest absolute Gasteiger partial charge is 0.298 e. The van der Waals surface area contributed by atoms with Crippen LogP contribution in [0.2, 0.25) is 5.02 Å². The fourth-order valence-electron chi connectivity index (χ4n) is 1.58. The Morgan fingerprint density at radius 2 is 2.15 bits per heavy atom. The van der Waals surface area contributed by atoms with E-state index in [4.69, 9.17) is 11.6 Å². The van der Waals surface area contributed by atoms with Crippen LogP contribution in [-0.4, -0.2) is 6.29 Å². The van der Waals surface area contributed by atoms with E-state index in [1.807, 2.05) is 24.3 Å². The number of benzene rings is 1. The van der Waals surface area contributed by atoms with Gasteiger partial charge in [-0.3, -0.25) is 4.79 Å². The van der Waals surface area contributed by atoms with Crippen LogP contribution in [0.1, 0.15) is 17.5 Å². The van der Waals surface area contributed by atoms with Crippen LogP contribution in [0.15, 0.2) is 23.8 Å². The van der Waals surface area contributed by atoms with Gasteiger partial charge < -0.3 is 0 Å². The minimum Gasteiger partial charge on any atom is -0.298 e. The molecule has 0 radical (unpaired) electrons. The molecule has 0 saturated carbocycles. The van der Waals surface area contributed by atoms with Gasteiger partial charge in [-0.1, -0.05) is 17.7 Å². The standard InChI is InChI=1S/C11H9ClO/c12-11-4-3-9-5-8(7-13)1-2-10(9)6-11/h3-7H,1-2H2. The number of carbonyl (C=O) groups is 1. The summed E-state index contributed by atoms with van der Waals surface area (Å²) in [5.74, 6) is 0. The Morgan fingerprint density at radius 1 is 1.31 bits per heavy atom. The zero-order valence-corrected chi connectivity index (χ0v) is 7.84. The number of rotatable bonds is 1.